The summed E-state index contributed by atoms with van der Waals surface area (Å²) in [5.41, 5.74) is 0. The molecule has 2 amide bonds. The Morgan fingerprint density at radius 1 is 1.71 bits per heavy atom. The molecular formula is C7H10N2O4S. The first-order valence-corrected chi connectivity index (χ1v) is 4.61. The minimum absolute atomic E-state index is 0.0175. The zero-order valence-corrected chi connectivity index (χ0v) is 8.08. The zero-order valence-electron chi connectivity index (χ0n) is 7.19. The summed E-state index contributed by atoms with van der Waals surface area (Å²) in [7, 11) is 0. The van der Waals surface area contributed by atoms with Crippen molar-refractivity contribution in [3.05, 3.63) is 0 Å². The van der Waals surface area contributed by atoms with Crippen molar-refractivity contribution in [2.45, 2.75) is 18.5 Å². The Morgan fingerprint density at radius 2 is 2.36 bits per heavy atom. The molecule has 3 N–H and O–H groups in total. The summed E-state index contributed by atoms with van der Waals surface area (Å²) in [4.78, 5) is 32.4. The van der Waals surface area contributed by atoms with E-state index in [1.807, 2.05) is 0 Å². The number of carbonyl (C=O) groups is 3. The van der Waals surface area contributed by atoms with Crippen molar-refractivity contribution in [3.8, 4) is 0 Å². The van der Waals surface area contributed by atoms with Crippen LogP contribution in [0.1, 0.15) is 6.42 Å². The largest absolute Gasteiger partial charge is 0.480 e. The van der Waals surface area contributed by atoms with E-state index in [0.29, 0.717) is 0 Å². The number of imide groups is 1. The molecule has 0 aromatic rings. The van der Waals surface area contributed by atoms with Crippen molar-refractivity contribution in [2.24, 2.45) is 0 Å². The van der Waals surface area contributed by atoms with Gasteiger partial charge in [0.15, 0.2) is 0 Å². The lowest BCUT2D eigenvalue weighted by Gasteiger charge is -2.14. The maximum absolute atomic E-state index is 11.0. The van der Waals surface area contributed by atoms with Crippen molar-refractivity contribution in [3.63, 3.8) is 0 Å². The van der Waals surface area contributed by atoms with Crippen LogP contribution >= 0.6 is 12.6 Å². The Balaban J connectivity index is 2.55. The first kappa shape index (κ1) is 11.0. The van der Waals surface area contributed by atoms with Crippen molar-refractivity contribution in [1.82, 2.24) is 10.6 Å². The van der Waals surface area contributed by atoms with Crippen LogP contribution in [0.4, 0.5) is 0 Å². The van der Waals surface area contributed by atoms with Crippen LogP contribution in [0, 0.1) is 0 Å². The van der Waals surface area contributed by atoms with E-state index in [9.17, 15) is 14.4 Å². The molecule has 0 aliphatic carbocycles. The van der Waals surface area contributed by atoms with E-state index in [-0.39, 0.29) is 12.2 Å². The summed E-state index contributed by atoms with van der Waals surface area (Å²) < 4.78 is 0. The first-order chi connectivity index (χ1) is 6.54. The second-order valence-corrected chi connectivity index (χ2v) is 3.27. The standard InChI is InChI=1S/C7H10N2O4S/c10-5-1-3(6(11)9-5)8-4(2-14)7(12)13/h3-4,8,14H,1-2H2,(H,12,13)(H,9,10,11)/t3?,4-/m0/s1. The van der Waals surface area contributed by atoms with Gasteiger partial charge in [0, 0.05) is 5.75 Å². The summed E-state index contributed by atoms with van der Waals surface area (Å²) in [6.45, 7) is 0. The minimum Gasteiger partial charge on any atom is -0.480 e. The fourth-order valence-electron chi connectivity index (χ4n) is 1.13. The van der Waals surface area contributed by atoms with Crippen LogP contribution in [0.25, 0.3) is 0 Å². The number of amides is 2. The topological polar surface area (TPSA) is 95.5 Å². The third-order valence-electron chi connectivity index (χ3n) is 1.85. The van der Waals surface area contributed by atoms with Crippen LogP contribution in [0.15, 0.2) is 0 Å². The lowest BCUT2D eigenvalue weighted by atomic mass is 10.2. The highest BCUT2D eigenvalue weighted by atomic mass is 32.1. The normalized spacial score (nSPS) is 23.4. The van der Waals surface area contributed by atoms with Crippen molar-refractivity contribution < 1.29 is 19.5 Å². The molecule has 1 unspecified atom stereocenters. The molecule has 0 radical (unpaired) electrons. The number of carbonyl (C=O) groups excluding carboxylic acids is 2. The van der Waals surface area contributed by atoms with Crippen LogP contribution in [0.5, 0.6) is 0 Å². The maximum Gasteiger partial charge on any atom is 0.321 e. The zero-order chi connectivity index (χ0) is 10.7. The number of nitrogens with one attached hydrogen (secondary N) is 2. The van der Waals surface area contributed by atoms with Gasteiger partial charge in [-0.25, -0.2) is 0 Å². The molecule has 2 atom stereocenters. The lowest BCUT2D eigenvalue weighted by molar-refractivity contribution is -0.139. The quantitative estimate of drug-likeness (QED) is 0.336. The van der Waals surface area contributed by atoms with Crippen LogP contribution in [0.2, 0.25) is 0 Å². The summed E-state index contributed by atoms with van der Waals surface area (Å²) >= 11 is 3.82. The smallest absolute Gasteiger partial charge is 0.321 e. The van der Waals surface area contributed by atoms with E-state index in [4.69, 9.17) is 5.11 Å². The van der Waals surface area contributed by atoms with Gasteiger partial charge in [-0.05, 0) is 0 Å². The molecule has 14 heavy (non-hydrogen) atoms. The first-order valence-electron chi connectivity index (χ1n) is 3.98. The number of carboxylic acids is 1. The van der Waals surface area contributed by atoms with Crippen LogP contribution in [0.3, 0.4) is 0 Å². The molecule has 0 spiro atoms. The molecule has 1 fully saturated rings. The molecule has 1 heterocycles. The van der Waals surface area contributed by atoms with Crippen LogP contribution < -0.4 is 10.6 Å². The molecule has 0 aromatic heterocycles. The molecule has 6 nitrogen and oxygen atoms in total. The molecule has 0 aromatic carbocycles. The predicted molar refractivity (Wildman–Crippen MR) is 50.0 cm³/mol. The van der Waals surface area contributed by atoms with E-state index < -0.39 is 29.9 Å². The Hall–Kier alpha value is -1.08. The van der Waals surface area contributed by atoms with E-state index >= 15 is 0 Å². The predicted octanol–water partition coefficient (Wildman–Crippen LogP) is -1.63. The SMILES string of the molecule is O=C1CC(N[C@@H](CS)C(=O)O)C(=O)N1. The van der Waals surface area contributed by atoms with Crippen molar-refractivity contribution in [2.75, 3.05) is 5.75 Å². The third-order valence-corrected chi connectivity index (χ3v) is 2.22. The highest BCUT2D eigenvalue weighted by Gasteiger charge is 2.33. The lowest BCUT2D eigenvalue weighted by Crippen LogP contribution is -2.47. The van der Waals surface area contributed by atoms with Gasteiger partial charge in [0.25, 0.3) is 0 Å². The Labute approximate surface area is 85.5 Å². The fraction of sp³-hybridized carbons (Fsp3) is 0.571. The third kappa shape index (κ3) is 2.46. The minimum atomic E-state index is -1.09. The van der Waals surface area contributed by atoms with Crippen molar-refractivity contribution in [1.29, 1.82) is 0 Å². The molecular weight excluding hydrogens is 208 g/mol. The van der Waals surface area contributed by atoms with Gasteiger partial charge in [-0.15, -0.1) is 0 Å². The summed E-state index contributed by atoms with van der Waals surface area (Å²) in [6.07, 6.45) is -0.0175. The van der Waals surface area contributed by atoms with Gasteiger partial charge in [0.2, 0.25) is 11.8 Å². The van der Waals surface area contributed by atoms with Gasteiger partial charge < -0.3 is 5.11 Å². The molecule has 1 aliphatic rings. The van der Waals surface area contributed by atoms with E-state index in [0.717, 1.165) is 0 Å². The van der Waals surface area contributed by atoms with Gasteiger partial charge in [0.1, 0.15) is 6.04 Å². The number of rotatable bonds is 4. The second kappa shape index (κ2) is 4.43. The number of aliphatic carboxylic acids is 1. The molecule has 0 saturated carbocycles. The highest BCUT2D eigenvalue weighted by Crippen LogP contribution is 2.03. The molecule has 1 aliphatic heterocycles. The number of thiol groups is 1. The average molecular weight is 218 g/mol. The second-order valence-electron chi connectivity index (χ2n) is 2.91. The average Bonchev–Trinajstić information content (AvgIpc) is 2.40. The number of carboxylic acid groups (broad SMARTS) is 1. The number of hydrogen-bond donors (Lipinski definition) is 4. The highest BCUT2D eigenvalue weighted by molar-refractivity contribution is 7.80. The van der Waals surface area contributed by atoms with Crippen LogP contribution in [-0.2, 0) is 14.4 Å². The molecule has 1 saturated heterocycles. The number of hydrogen-bond acceptors (Lipinski definition) is 5. The summed E-state index contributed by atoms with van der Waals surface area (Å²) in [5, 5.41) is 13.3. The van der Waals surface area contributed by atoms with Gasteiger partial charge in [-0.2, -0.15) is 12.6 Å². The monoisotopic (exact) mass is 218 g/mol. The maximum atomic E-state index is 11.0. The van der Waals surface area contributed by atoms with E-state index in [1.165, 1.54) is 0 Å². The van der Waals surface area contributed by atoms with Gasteiger partial charge in [-0.1, -0.05) is 0 Å². The van der Waals surface area contributed by atoms with Gasteiger partial charge >= 0.3 is 5.97 Å². The molecule has 0 bridgehead atoms. The van der Waals surface area contributed by atoms with Gasteiger partial charge in [0.05, 0.1) is 12.5 Å². The van der Waals surface area contributed by atoms with Crippen molar-refractivity contribution >= 4 is 30.4 Å². The Morgan fingerprint density at radius 3 is 2.71 bits per heavy atom. The van der Waals surface area contributed by atoms with E-state index in [2.05, 4.69) is 23.3 Å². The Kier molecular flexibility index (Phi) is 3.48. The van der Waals surface area contributed by atoms with Gasteiger partial charge in [-0.3, -0.25) is 25.0 Å². The van der Waals surface area contributed by atoms with E-state index in [1.54, 1.807) is 0 Å². The fourth-order valence-corrected chi connectivity index (χ4v) is 1.39. The Bertz CT molecular complexity index is 281. The molecule has 1 rings (SSSR count). The van der Waals surface area contributed by atoms with Crippen LogP contribution in [-0.4, -0.2) is 40.7 Å². The summed E-state index contributed by atoms with van der Waals surface area (Å²) in [6, 6.07) is -1.67. The summed E-state index contributed by atoms with van der Waals surface area (Å²) in [5.74, 6) is -1.90. The molecule has 7 heteroatoms. The molecule has 78 valence electrons.